The quantitative estimate of drug-likeness (QED) is 0.602. The van der Waals surface area contributed by atoms with Gasteiger partial charge in [-0.1, -0.05) is 19.1 Å². The first-order valence-corrected chi connectivity index (χ1v) is 6.48. The molecule has 0 heterocycles. The highest BCUT2D eigenvalue weighted by atomic mass is 16.5. The number of ether oxygens (including phenoxy) is 2. The molecule has 1 aromatic rings. The van der Waals surface area contributed by atoms with E-state index in [1.54, 1.807) is 6.08 Å². The molecule has 0 atom stereocenters. The molecule has 0 spiro atoms. The third-order valence-corrected chi connectivity index (χ3v) is 3.26. The van der Waals surface area contributed by atoms with Crippen LogP contribution in [0.5, 0.6) is 5.75 Å². The smallest absolute Gasteiger partial charge is 0.333 e. The highest BCUT2D eigenvalue weighted by molar-refractivity contribution is 5.88. The van der Waals surface area contributed by atoms with E-state index in [-0.39, 0.29) is 5.97 Å². The molecule has 0 aliphatic heterocycles. The van der Waals surface area contributed by atoms with Crippen molar-refractivity contribution in [2.75, 3.05) is 13.7 Å². The summed E-state index contributed by atoms with van der Waals surface area (Å²) in [6, 6.07) is 4.13. The van der Waals surface area contributed by atoms with Crippen LogP contribution in [0.4, 0.5) is 0 Å². The summed E-state index contributed by atoms with van der Waals surface area (Å²) in [5, 5.41) is 0. The lowest BCUT2D eigenvalue weighted by atomic mass is 10.1. The van der Waals surface area contributed by atoms with E-state index in [4.69, 9.17) is 9.47 Å². The average molecular weight is 262 g/mol. The molecule has 0 radical (unpaired) electrons. The van der Waals surface area contributed by atoms with Gasteiger partial charge in [-0.25, -0.2) is 4.79 Å². The number of benzene rings is 1. The molecule has 1 rings (SSSR count). The Balaban J connectivity index is 2.80. The number of esters is 1. The van der Waals surface area contributed by atoms with Crippen LogP contribution in [0.2, 0.25) is 0 Å². The lowest BCUT2D eigenvalue weighted by Gasteiger charge is -2.13. The van der Waals surface area contributed by atoms with E-state index in [0.717, 1.165) is 16.9 Å². The first kappa shape index (κ1) is 15.3. The summed E-state index contributed by atoms with van der Waals surface area (Å²) in [6.45, 7) is 8.42. The Bertz CT molecular complexity index is 487. The SMILES string of the molecule is CCC(=CCOc1c(C)ccc(C)c1C)C(=O)OC. The molecular formula is C16H22O3. The first-order valence-electron chi connectivity index (χ1n) is 6.48. The Morgan fingerprint density at radius 3 is 2.42 bits per heavy atom. The summed E-state index contributed by atoms with van der Waals surface area (Å²) in [4.78, 5) is 11.4. The van der Waals surface area contributed by atoms with Gasteiger partial charge >= 0.3 is 5.97 Å². The summed E-state index contributed by atoms with van der Waals surface area (Å²) >= 11 is 0. The van der Waals surface area contributed by atoms with Gasteiger partial charge < -0.3 is 9.47 Å². The zero-order chi connectivity index (χ0) is 14.4. The van der Waals surface area contributed by atoms with E-state index in [1.165, 1.54) is 12.7 Å². The normalized spacial score (nSPS) is 11.3. The highest BCUT2D eigenvalue weighted by Crippen LogP contribution is 2.25. The van der Waals surface area contributed by atoms with Gasteiger partial charge in [0.15, 0.2) is 0 Å². The van der Waals surface area contributed by atoms with Crippen LogP contribution < -0.4 is 4.74 Å². The van der Waals surface area contributed by atoms with Gasteiger partial charge in [-0.05, 0) is 50.0 Å². The summed E-state index contributed by atoms with van der Waals surface area (Å²) in [7, 11) is 1.39. The standard InChI is InChI=1S/C16H22O3/c1-6-14(16(17)18-5)9-10-19-15-12(3)8-7-11(2)13(15)4/h7-9H,6,10H2,1-5H3. The Morgan fingerprint density at radius 1 is 1.21 bits per heavy atom. The largest absolute Gasteiger partial charge is 0.489 e. The second-order valence-electron chi connectivity index (χ2n) is 4.54. The fourth-order valence-electron chi connectivity index (χ4n) is 1.88. The molecule has 3 heteroatoms. The van der Waals surface area contributed by atoms with Crippen molar-refractivity contribution in [3.8, 4) is 5.75 Å². The van der Waals surface area contributed by atoms with Crippen LogP contribution in [-0.4, -0.2) is 19.7 Å². The Hall–Kier alpha value is -1.77. The third-order valence-electron chi connectivity index (χ3n) is 3.26. The maximum atomic E-state index is 11.4. The van der Waals surface area contributed by atoms with Gasteiger partial charge in [0.25, 0.3) is 0 Å². The number of aryl methyl sites for hydroxylation is 2. The summed E-state index contributed by atoms with van der Waals surface area (Å²) in [6.07, 6.45) is 2.43. The number of hydrogen-bond acceptors (Lipinski definition) is 3. The molecule has 0 unspecified atom stereocenters. The van der Waals surface area contributed by atoms with E-state index in [1.807, 2.05) is 26.8 Å². The van der Waals surface area contributed by atoms with E-state index in [2.05, 4.69) is 13.0 Å². The molecule has 0 saturated carbocycles. The monoisotopic (exact) mass is 262 g/mol. The van der Waals surface area contributed by atoms with Gasteiger partial charge in [0.1, 0.15) is 12.4 Å². The number of methoxy groups -OCH3 is 1. The minimum Gasteiger partial charge on any atom is -0.489 e. The van der Waals surface area contributed by atoms with E-state index in [0.29, 0.717) is 18.6 Å². The molecule has 0 aromatic heterocycles. The van der Waals surface area contributed by atoms with Crippen molar-refractivity contribution in [2.45, 2.75) is 34.1 Å². The van der Waals surface area contributed by atoms with Crippen molar-refractivity contribution in [3.63, 3.8) is 0 Å². The topological polar surface area (TPSA) is 35.5 Å². The van der Waals surface area contributed by atoms with Crippen LogP contribution in [0.1, 0.15) is 30.0 Å². The number of rotatable bonds is 5. The second kappa shape index (κ2) is 6.98. The number of carbonyl (C=O) groups excluding carboxylic acids is 1. The van der Waals surface area contributed by atoms with Crippen LogP contribution in [0.25, 0.3) is 0 Å². The molecule has 104 valence electrons. The minimum atomic E-state index is -0.288. The Morgan fingerprint density at radius 2 is 1.84 bits per heavy atom. The molecule has 19 heavy (non-hydrogen) atoms. The molecular weight excluding hydrogens is 240 g/mol. The molecule has 3 nitrogen and oxygen atoms in total. The van der Waals surface area contributed by atoms with Crippen LogP contribution in [0.3, 0.4) is 0 Å². The van der Waals surface area contributed by atoms with E-state index in [9.17, 15) is 4.79 Å². The van der Waals surface area contributed by atoms with Gasteiger partial charge in [-0.2, -0.15) is 0 Å². The Kier molecular flexibility index (Phi) is 5.61. The maximum absolute atomic E-state index is 11.4. The molecule has 0 aliphatic carbocycles. The molecule has 0 amide bonds. The van der Waals surface area contributed by atoms with Crippen LogP contribution >= 0.6 is 0 Å². The predicted molar refractivity (Wildman–Crippen MR) is 76.5 cm³/mol. The zero-order valence-corrected chi connectivity index (χ0v) is 12.4. The summed E-state index contributed by atoms with van der Waals surface area (Å²) in [5.74, 6) is 0.611. The van der Waals surface area contributed by atoms with Crippen LogP contribution in [0, 0.1) is 20.8 Å². The molecule has 1 aromatic carbocycles. The molecule has 0 bridgehead atoms. The van der Waals surface area contributed by atoms with Crippen molar-refractivity contribution in [3.05, 3.63) is 40.5 Å². The van der Waals surface area contributed by atoms with Gasteiger partial charge in [0, 0.05) is 5.57 Å². The van der Waals surface area contributed by atoms with Crippen molar-refractivity contribution in [2.24, 2.45) is 0 Å². The van der Waals surface area contributed by atoms with E-state index >= 15 is 0 Å². The lowest BCUT2D eigenvalue weighted by Crippen LogP contribution is -2.07. The van der Waals surface area contributed by atoms with Crippen molar-refractivity contribution < 1.29 is 14.3 Å². The third kappa shape index (κ3) is 3.85. The average Bonchev–Trinajstić information content (AvgIpc) is 2.41. The predicted octanol–water partition coefficient (Wildman–Crippen LogP) is 3.50. The van der Waals surface area contributed by atoms with Gasteiger partial charge in [0.05, 0.1) is 7.11 Å². The van der Waals surface area contributed by atoms with Crippen molar-refractivity contribution >= 4 is 5.97 Å². The van der Waals surface area contributed by atoms with E-state index < -0.39 is 0 Å². The summed E-state index contributed by atoms with van der Waals surface area (Å²) < 4.78 is 10.5. The van der Waals surface area contributed by atoms with Gasteiger partial charge in [-0.3, -0.25) is 0 Å². The number of carbonyl (C=O) groups is 1. The Labute approximate surface area is 115 Å². The molecule has 0 N–H and O–H groups in total. The molecule has 0 aliphatic rings. The lowest BCUT2D eigenvalue weighted by molar-refractivity contribution is -0.136. The minimum absolute atomic E-state index is 0.288. The van der Waals surface area contributed by atoms with Crippen LogP contribution in [0.15, 0.2) is 23.8 Å². The highest BCUT2D eigenvalue weighted by Gasteiger charge is 2.08. The van der Waals surface area contributed by atoms with Crippen LogP contribution in [-0.2, 0) is 9.53 Å². The molecule has 0 saturated heterocycles. The zero-order valence-electron chi connectivity index (χ0n) is 12.4. The second-order valence-corrected chi connectivity index (χ2v) is 4.54. The summed E-state index contributed by atoms with van der Waals surface area (Å²) in [5.41, 5.74) is 4.09. The molecule has 0 fully saturated rings. The van der Waals surface area contributed by atoms with Gasteiger partial charge in [-0.15, -0.1) is 0 Å². The van der Waals surface area contributed by atoms with Crippen molar-refractivity contribution in [1.29, 1.82) is 0 Å². The maximum Gasteiger partial charge on any atom is 0.333 e. The van der Waals surface area contributed by atoms with Gasteiger partial charge in [0.2, 0.25) is 0 Å². The fraction of sp³-hybridized carbons (Fsp3) is 0.438. The van der Waals surface area contributed by atoms with Crippen molar-refractivity contribution in [1.82, 2.24) is 0 Å². The fourth-order valence-corrected chi connectivity index (χ4v) is 1.88. The first-order chi connectivity index (χ1) is 9.01. The number of hydrogen-bond donors (Lipinski definition) is 0.